The van der Waals surface area contributed by atoms with E-state index in [1.54, 1.807) is 36.7 Å². The number of halogens is 1. The van der Waals surface area contributed by atoms with Crippen LogP contribution in [-0.4, -0.2) is 4.98 Å². The van der Waals surface area contributed by atoms with E-state index in [4.69, 9.17) is 9.15 Å². The molecule has 3 aromatic rings. The summed E-state index contributed by atoms with van der Waals surface area (Å²) in [4.78, 5) is 4.10. The molecule has 0 aliphatic rings. The molecule has 0 N–H and O–H groups in total. The van der Waals surface area contributed by atoms with E-state index < -0.39 is 0 Å². The van der Waals surface area contributed by atoms with Crippen molar-refractivity contribution < 1.29 is 13.5 Å². The van der Waals surface area contributed by atoms with Crippen LogP contribution in [0.2, 0.25) is 0 Å². The summed E-state index contributed by atoms with van der Waals surface area (Å²) in [7, 11) is 0. The van der Waals surface area contributed by atoms with Crippen molar-refractivity contribution in [3.05, 3.63) is 54.7 Å². The number of benzene rings is 1. The number of fused-ring (bicyclic) bond motifs is 1. The molecular formula is C13H8FNO2. The quantitative estimate of drug-likeness (QED) is 0.671. The van der Waals surface area contributed by atoms with Crippen LogP contribution in [-0.2, 0) is 0 Å². The third kappa shape index (κ3) is 1.85. The molecule has 0 aliphatic carbocycles. The first-order chi connectivity index (χ1) is 8.33. The molecule has 0 saturated heterocycles. The van der Waals surface area contributed by atoms with Gasteiger partial charge in [0.15, 0.2) is 0 Å². The predicted molar refractivity (Wildman–Crippen MR) is 60.5 cm³/mol. The highest BCUT2D eigenvalue weighted by Crippen LogP contribution is 2.28. The van der Waals surface area contributed by atoms with Crippen molar-refractivity contribution in [3.63, 3.8) is 0 Å². The molecule has 0 spiro atoms. The van der Waals surface area contributed by atoms with E-state index in [1.165, 1.54) is 12.1 Å². The number of hydrogen-bond acceptors (Lipinski definition) is 3. The maximum absolute atomic E-state index is 13.0. The van der Waals surface area contributed by atoms with Gasteiger partial charge in [0.25, 0.3) is 0 Å². The van der Waals surface area contributed by atoms with Crippen LogP contribution >= 0.6 is 0 Å². The second-order valence-electron chi connectivity index (χ2n) is 3.51. The molecular weight excluding hydrogens is 221 g/mol. The number of hydrogen-bond donors (Lipinski definition) is 0. The highest BCUT2D eigenvalue weighted by atomic mass is 19.1. The minimum Gasteiger partial charge on any atom is -0.464 e. The van der Waals surface area contributed by atoms with Crippen molar-refractivity contribution >= 4 is 11.0 Å². The predicted octanol–water partition coefficient (Wildman–Crippen LogP) is 3.76. The molecule has 0 fully saturated rings. The first-order valence-electron chi connectivity index (χ1n) is 5.08. The lowest BCUT2D eigenvalue weighted by molar-refractivity contribution is 0.463. The van der Waals surface area contributed by atoms with Gasteiger partial charge in [0.2, 0.25) is 5.88 Å². The van der Waals surface area contributed by atoms with E-state index in [2.05, 4.69) is 4.98 Å². The largest absolute Gasteiger partial charge is 0.464 e. The van der Waals surface area contributed by atoms with E-state index in [9.17, 15) is 4.39 Å². The second kappa shape index (κ2) is 3.90. The van der Waals surface area contributed by atoms with Crippen molar-refractivity contribution in [1.29, 1.82) is 0 Å². The molecule has 3 rings (SSSR count). The average Bonchev–Trinajstić information content (AvgIpc) is 2.78. The number of furan rings is 1. The van der Waals surface area contributed by atoms with Gasteiger partial charge in [0, 0.05) is 12.3 Å². The maximum Gasteiger partial charge on any atom is 0.230 e. The van der Waals surface area contributed by atoms with Crippen LogP contribution in [0.15, 0.2) is 53.3 Å². The van der Waals surface area contributed by atoms with Crippen molar-refractivity contribution in [2.24, 2.45) is 0 Å². The highest BCUT2D eigenvalue weighted by Gasteiger charge is 2.07. The Morgan fingerprint density at radius 3 is 3.00 bits per heavy atom. The van der Waals surface area contributed by atoms with Crippen molar-refractivity contribution in [3.8, 4) is 11.6 Å². The summed E-state index contributed by atoms with van der Waals surface area (Å²) in [6.07, 6.45) is 3.14. The third-order valence-electron chi connectivity index (χ3n) is 2.35. The van der Waals surface area contributed by atoms with E-state index in [-0.39, 0.29) is 5.82 Å². The maximum atomic E-state index is 13.0. The zero-order valence-corrected chi connectivity index (χ0v) is 8.76. The van der Waals surface area contributed by atoms with Crippen LogP contribution in [0.25, 0.3) is 11.0 Å². The third-order valence-corrected chi connectivity index (χ3v) is 2.35. The number of ether oxygens (including phenoxy) is 1. The van der Waals surface area contributed by atoms with Gasteiger partial charge in [0.05, 0.1) is 11.6 Å². The molecule has 0 unspecified atom stereocenters. The molecule has 17 heavy (non-hydrogen) atoms. The summed E-state index contributed by atoms with van der Waals surface area (Å²) in [5.41, 5.74) is 0.686. The molecule has 2 heterocycles. The Hall–Kier alpha value is -2.36. The van der Waals surface area contributed by atoms with Crippen molar-refractivity contribution in [2.45, 2.75) is 0 Å². The summed E-state index contributed by atoms with van der Waals surface area (Å²) in [6, 6.07) is 9.42. The van der Waals surface area contributed by atoms with Crippen LogP contribution in [0.5, 0.6) is 11.6 Å². The fourth-order valence-electron chi connectivity index (χ4n) is 1.59. The first-order valence-corrected chi connectivity index (χ1v) is 5.08. The van der Waals surface area contributed by atoms with Gasteiger partial charge in [-0.15, -0.1) is 0 Å². The van der Waals surface area contributed by atoms with Crippen LogP contribution in [0.1, 0.15) is 0 Å². The summed E-state index contributed by atoms with van der Waals surface area (Å²) in [5.74, 6) is 0.468. The van der Waals surface area contributed by atoms with Gasteiger partial charge < -0.3 is 9.15 Å². The molecule has 3 nitrogen and oxygen atoms in total. The highest BCUT2D eigenvalue weighted by molar-refractivity contribution is 5.82. The Morgan fingerprint density at radius 2 is 2.12 bits per heavy atom. The van der Waals surface area contributed by atoms with Gasteiger partial charge in [-0.25, -0.2) is 9.37 Å². The lowest BCUT2D eigenvalue weighted by atomic mass is 10.3. The van der Waals surface area contributed by atoms with Gasteiger partial charge in [0.1, 0.15) is 17.1 Å². The smallest absolute Gasteiger partial charge is 0.230 e. The molecule has 0 saturated carbocycles. The molecule has 0 atom stereocenters. The van der Waals surface area contributed by atoms with Crippen molar-refractivity contribution in [1.82, 2.24) is 4.98 Å². The van der Waals surface area contributed by atoms with Gasteiger partial charge >= 0.3 is 0 Å². The normalized spacial score (nSPS) is 10.6. The number of pyridine rings is 1. The number of aromatic nitrogens is 1. The molecule has 1 aromatic carbocycles. The minimum absolute atomic E-state index is 0.345. The van der Waals surface area contributed by atoms with Gasteiger partial charge in [-0.1, -0.05) is 6.07 Å². The fraction of sp³-hybridized carbons (Fsp3) is 0. The van der Waals surface area contributed by atoms with Gasteiger partial charge in [-0.05, 0) is 24.3 Å². The van der Waals surface area contributed by atoms with E-state index >= 15 is 0 Å². The van der Waals surface area contributed by atoms with Crippen molar-refractivity contribution in [2.75, 3.05) is 0 Å². The second-order valence-corrected chi connectivity index (χ2v) is 3.51. The number of rotatable bonds is 2. The Labute approximate surface area is 96.5 Å². The van der Waals surface area contributed by atoms with Gasteiger partial charge in [-0.3, -0.25) is 0 Å². The topological polar surface area (TPSA) is 35.3 Å². The molecule has 0 amide bonds. The summed E-state index contributed by atoms with van der Waals surface area (Å²) in [6.45, 7) is 0. The summed E-state index contributed by atoms with van der Waals surface area (Å²) >= 11 is 0. The summed E-state index contributed by atoms with van der Waals surface area (Å²) < 4.78 is 23.8. The summed E-state index contributed by atoms with van der Waals surface area (Å²) in [5, 5.41) is 0.761. The molecule has 0 bridgehead atoms. The Morgan fingerprint density at radius 1 is 1.18 bits per heavy atom. The van der Waals surface area contributed by atoms with E-state index in [0.29, 0.717) is 17.2 Å². The zero-order valence-electron chi connectivity index (χ0n) is 8.76. The standard InChI is InChI=1S/C13H8FNO2/c14-9-2-1-3-10(8-9)17-13-11-5-7-16-12(11)4-6-15-13/h1-8H. The lowest BCUT2D eigenvalue weighted by Crippen LogP contribution is -1.88. The zero-order chi connectivity index (χ0) is 11.7. The minimum atomic E-state index is -0.345. The number of nitrogens with zero attached hydrogens (tertiary/aromatic N) is 1. The monoisotopic (exact) mass is 229 g/mol. The molecule has 0 aliphatic heterocycles. The molecule has 4 heteroatoms. The van der Waals surface area contributed by atoms with E-state index in [0.717, 1.165) is 5.39 Å². The van der Waals surface area contributed by atoms with Crippen LogP contribution < -0.4 is 4.74 Å². The van der Waals surface area contributed by atoms with Crippen LogP contribution in [0, 0.1) is 5.82 Å². The Kier molecular flexibility index (Phi) is 2.26. The molecule has 84 valence electrons. The fourth-order valence-corrected chi connectivity index (χ4v) is 1.59. The van der Waals surface area contributed by atoms with Crippen LogP contribution in [0.4, 0.5) is 4.39 Å². The van der Waals surface area contributed by atoms with Gasteiger partial charge in [-0.2, -0.15) is 0 Å². The Bertz CT molecular complexity index is 663. The molecule has 0 radical (unpaired) electrons. The lowest BCUT2D eigenvalue weighted by Gasteiger charge is -2.04. The van der Waals surface area contributed by atoms with E-state index in [1.807, 2.05) is 0 Å². The van der Waals surface area contributed by atoms with Crippen LogP contribution in [0.3, 0.4) is 0 Å². The molecule has 2 aromatic heterocycles. The average molecular weight is 229 g/mol. The Balaban J connectivity index is 2.02. The first kappa shape index (κ1) is 9.84. The SMILES string of the molecule is Fc1cccc(Oc2nccc3occc23)c1.